The minimum atomic E-state index is -0.952. The van der Waals surface area contributed by atoms with E-state index in [9.17, 15) is 9.50 Å². The molecule has 0 aliphatic carbocycles. The molecular formula is C11H12FNO. The van der Waals surface area contributed by atoms with Crippen molar-refractivity contribution in [1.82, 2.24) is 4.98 Å². The summed E-state index contributed by atoms with van der Waals surface area (Å²) in [4.78, 5) is 2.83. The maximum atomic E-state index is 13.3. The lowest BCUT2D eigenvalue weighted by Crippen LogP contribution is -2.14. The summed E-state index contributed by atoms with van der Waals surface area (Å²) in [6, 6.07) is 4.83. The number of rotatable bonds is 1. The molecule has 0 fully saturated rings. The lowest BCUT2D eigenvalue weighted by molar-refractivity contribution is 0.0802. The molecule has 2 rings (SSSR count). The van der Waals surface area contributed by atoms with Gasteiger partial charge in [-0.25, -0.2) is 4.39 Å². The number of fused-ring (bicyclic) bond motifs is 1. The van der Waals surface area contributed by atoms with Crippen LogP contribution >= 0.6 is 0 Å². The number of nitrogens with one attached hydrogen (secondary N) is 1. The molecule has 14 heavy (non-hydrogen) atoms. The molecule has 2 nitrogen and oxygen atoms in total. The van der Waals surface area contributed by atoms with E-state index in [1.807, 2.05) is 0 Å². The van der Waals surface area contributed by atoms with Gasteiger partial charge in [0.05, 0.1) is 11.1 Å². The van der Waals surface area contributed by atoms with Gasteiger partial charge in [-0.2, -0.15) is 0 Å². The van der Waals surface area contributed by atoms with Crippen molar-refractivity contribution >= 4 is 10.9 Å². The van der Waals surface area contributed by atoms with E-state index in [2.05, 4.69) is 4.98 Å². The van der Waals surface area contributed by atoms with Crippen LogP contribution in [0.2, 0.25) is 0 Å². The van der Waals surface area contributed by atoms with Crippen molar-refractivity contribution in [2.24, 2.45) is 0 Å². The zero-order chi connectivity index (χ0) is 10.3. The monoisotopic (exact) mass is 193 g/mol. The topological polar surface area (TPSA) is 36.0 Å². The molecule has 3 heteroatoms. The van der Waals surface area contributed by atoms with Crippen molar-refractivity contribution in [2.45, 2.75) is 19.4 Å². The smallest absolute Gasteiger partial charge is 0.147 e. The third-order valence-corrected chi connectivity index (χ3v) is 2.32. The molecule has 0 saturated carbocycles. The Morgan fingerprint density at radius 2 is 2.07 bits per heavy atom. The predicted molar refractivity (Wildman–Crippen MR) is 53.5 cm³/mol. The fourth-order valence-electron chi connectivity index (χ4n) is 1.62. The van der Waals surface area contributed by atoms with Crippen molar-refractivity contribution in [1.29, 1.82) is 0 Å². The van der Waals surface area contributed by atoms with Gasteiger partial charge in [-0.3, -0.25) is 0 Å². The molecule has 1 heterocycles. The second kappa shape index (κ2) is 2.82. The number of benzene rings is 1. The summed E-state index contributed by atoms with van der Waals surface area (Å²) in [7, 11) is 0. The van der Waals surface area contributed by atoms with Crippen LogP contribution in [0, 0.1) is 5.82 Å². The minimum Gasteiger partial charge on any atom is -0.386 e. The maximum Gasteiger partial charge on any atom is 0.147 e. The van der Waals surface area contributed by atoms with Gasteiger partial charge in [-0.1, -0.05) is 12.1 Å². The molecule has 0 unspecified atom stereocenters. The van der Waals surface area contributed by atoms with Crippen molar-refractivity contribution in [3.63, 3.8) is 0 Å². The Bertz CT molecular complexity index is 468. The van der Waals surface area contributed by atoms with Gasteiger partial charge in [-0.05, 0) is 19.9 Å². The van der Waals surface area contributed by atoms with Gasteiger partial charge < -0.3 is 10.1 Å². The van der Waals surface area contributed by atoms with Crippen LogP contribution in [0.15, 0.2) is 24.4 Å². The fraction of sp³-hybridized carbons (Fsp3) is 0.273. The second-order valence-electron chi connectivity index (χ2n) is 3.92. The van der Waals surface area contributed by atoms with Crippen LogP contribution < -0.4 is 0 Å². The first-order valence-corrected chi connectivity index (χ1v) is 4.48. The number of aromatic nitrogens is 1. The summed E-state index contributed by atoms with van der Waals surface area (Å²) < 4.78 is 13.3. The van der Waals surface area contributed by atoms with E-state index in [0.717, 1.165) is 5.39 Å². The quantitative estimate of drug-likeness (QED) is 0.717. The van der Waals surface area contributed by atoms with Crippen LogP contribution in [0.5, 0.6) is 0 Å². The average Bonchev–Trinajstić information content (AvgIpc) is 2.47. The molecule has 0 bridgehead atoms. The van der Waals surface area contributed by atoms with E-state index in [4.69, 9.17) is 0 Å². The molecule has 1 aromatic heterocycles. The largest absolute Gasteiger partial charge is 0.386 e. The highest BCUT2D eigenvalue weighted by Crippen LogP contribution is 2.29. The molecule has 0 aliphatic rings. The number of hydrogen-bond donors (Lipinski definition) is 2. The van der Waals surface area contributed by atoms with E-state index < -0.39 is 5.60 Å². The normalized spacial score (nSPS) is 12.3. The van der Waals surface area contributed by atoms with E-state index in [-0.39, 0.29) is 5.82 Å². The van der Waals surface area contributed by atoms with Crippen LogP contribution in [0.3, 0.4) is 0 Å². The standard InChI is InChI=1S/C11H12FNO/c1-11(2,14)8-6-13-10-7(8)4-3-5-9(10)12/h3-6,13-14H,1-2H3. The molecule has 0 radical (unpaired) electrons. The summed E-state index contributed by atoms with van der Waals surface area (Å²) in [5.74, 6) is -0.294. The van der Waals surface area contributed by atoms with E-state index >= 15 is 0 Å². The number of halogens is 1. The van der Waals surface area contributed by atoms with Gasteiger partial charge in [-0.15, -0.1) is 0 Å². The average molecular weight is 193 g/mol. The Balaban J connectivity index is 2.76. The molecule has 2 aromatic rings. The van der Waals surface area contributed by atoms with E-state index in [1.54, 1.807) is 32.2 Å². The number of aromatic amines is 1. The molecule has 74 valence electrons. The zero-order valence-electron chi connectivity index (χ0n) is 8.13. The Morgan fingerprint density at radius 1 is 1.36 bits per heavy atom. The van der Waals surface area contributed by atoms with E-state index in [1.165, 1.54) is 6.07 Å². The zero-order valence-corrected chi connectivity index (χ0v) is 8.13. The van der Waals surface area contributed by atoms with Crippen molar-refractivity contribution in [2.75, 3.05) is 0 Å². The lowest BCUT2D eigenvalue weighted by Gasteiger charge is -2.15. The van der Waals surface area contributed by atoms with Gasteiger partial charge in [0.2, 0.25) is 0 Å². The van der Waals surface area contributed by atoms with E-state index in [0.29, 0.717) is 11.1 Å². The number of aliphatic hydroxyl groups is 1. The highest BCUT2D eigenvalue weighted by Gasteiger charge is 2.20. The highest BCUT2D eigenvalue weighted by atomic mass is 19.1. The van der Waals surface area contributed by atoms with Crippen molar-refractivity contribution in [3.05, 3.63) is 35.8 Å². The molecule has 2 N–H and O–H groups in total. The van der Waals surface area contributed by atoms with Gasteiger partial charge in [0.15, 0.2) is 0 Å². The third kappa shape index (κ3) is 1.30. The molecule has 0 spiro atoms. The molecular weight excluding hydrogens is 181 g/mol. The van der Waals surface area contributed by atoms with Crippen molar-refractivity contribution in [3.8, 4) is 0 Å². The third-order valence-electron chi connectivity index (χ3n) is 2.32. The molecule has 0 amide bonds. The summed E-state index contributed by atoms with van der Waals surface area (Å²) in [6.07, 6.45) is 1.65. The Hall–Kier alpha value is -1.35. The Kier molecular flexibility index (Phi) is 1.86. The first-order valence-electron chi connectivity index (χ1n) is 4.48. The molecule has 0 atom stereocenters. The van der Waals surface area contributed by atoms with Crippen LogP contribution in [-0.4, -0.2) is 10.1 Å². The highest BCUT2D eigenvalue weighted by molar-refractivity contribution is 5.84. The van der Waals surface area contributed by atoms with Gasteiger partial charge >= 0.3 is 0 Å². The second-order valence-corrected chi connectivity index (χ2v) is 3.92. The number of para-hydroxylation sites is 1. The lowest BCUT2D eigenvalue weighted by atomic mass is 9.98. The summed E-state index contributed by atoms with van der Waals surface area (Å²) in [5.41, 5.74) is 0.211. The van der Waals surface area contributed by atoms with Gasteiger partial charge in [0.25, 0.3) is 0 Å². The van der Waals surface area contributed by atoms with Crippen LogP contribution in [-0.2, 0) is 5.60 Å². The van der Waals surface area contributed by atoms with Crippen LogP contribution in [0.25, 0.3) is 10.9 Å². The van der Waals surface area contributed by atoms with Crippen LogP contribution in [0.4, 0.5) is 4.39 Å². The maximum absolute atomic E-state index is 13.3. The minimum absolute atomic E-state index is 0.294. The first-order chi connectivity index (χ1) is 6.50. The number of H-pyrrole nitrogens is 1. The van der Waals surface area contributed by atoms with Gasteiger partial charge in [0.1, 0.15) is 5.82 Å². The molecule has 0 saturated heterocycles. The fourth-order valence-corrected chi connectivity index (χ4v) is 1.62. The Labute approximate surface area is 81.4 Å². The van der Waals surface area contributed by atoms with Crippen molar-refractivity contribution < 1.29 is 9.50 Å². The van der Waals surface area contributed by atoms with Gasteiger partial charge in [0, 0.05) is 17.1 Å². The molecule has 0 aliphatic heterocycles. The van der Waals surface area contributed by atoms with Crippen LogP contribution in [0.1, 0.15) is 19.4 Å². The first kappa shape index (κ1) is 9.21. The summed E-state index contributed by atoms with van der Waals surface area (Å²) >= 11 is 0. The summed E-state index contributed by atoms with van der Waals surface area (Å²) in [6.45, 7) is 3.36. The number of hydrogen-bond acceptors (Lipinski definition) is 1. The predicted octanol–water partition coefficient (Wildman–Crippen LogP) is 2.53. The molecule has 1 aromatic carbocycles. The SMILES string of the molecule is CC(C)(O)c1c[nH]c2c(F)cccc12. The Morgan fingerprint density at radius 3 is 2.71 bits per heavy atom. The summed E-state index contributed by atoms with van der Waals surface area (Å²) in [5, 5.41) is 10.6.